The highest BCUT2D eigenvalue weighted by Crippen LogP contribution is 2.25. The molecule has 28 heavy (non-hydrogen) atoms. The van der Waals surface area contributed by atoms with Crippen molar-refractivity contribution in [2.45, 2.75) is 0 Å². The molecule has 1 amide bonds. The maximum atomic E-state index is 12.5. The molecule has 1 aliphatic heterocycles. The van der Waals surface area contributed by atoms with E-state index in [1.54, 1.807) is 24.3 Å². The molecule has 4 rings (SSSR count). The summed E-state index contributed by atoms with van der Waals surface area (Å²) in [5.74, 6) is 0.602. The minimum atomic E-state index is -0.283. The van der Waals surface area contributed by atoms with Gasteiger partial charge in [0.1, 0.15) is 5.76 Å². The van der Waals surface area contributed by atoms with E-state index < -0.39 is 0 Å². The summed E-state index contributed by atoms with van der Waals surface area (Å²) < 4.78 is 11.1. The highest BCUT2D eigenvalue weighted by molar-refractivity contribution is 6.30. The zero-order valence-corrected chi connectivity index (χ0v) is 16.6. The van der Waals surface area contributed by atoms with Crippen LogP contribution in [0.3, 0.4) is 0 Å². The van der Waals surface area contributed by atoms with E-state index in [2.05, 4.69) is 10.2 Å². The fraction of sp³-hybridized carbons (Fsp3) is 0.190. The number of carbonyl (C=O) groups excluding carboxylic acids is 1. The zero-order chi connectivity index (χ0) is 18.6. The molecule has 146 valence electrons. The molecule has 0 unspecified atom stereocenters. The summed E-state index contributed by atoms with van der Waals surface area (Å²) in [7, 11) is 0. The molecule has 0 aliphatic carbocycles. The van der Waals surface area contributed by atoms with Crippen molar-refractivity contribution in [3.63, 3.8) is 0 Å². The Labute approximate surface area is 174 Å². The molecule has 7 heteroatoms. The molecule has 0 saturated carbocycles. The molecular weight excluding hydrogens is 399 g/mol. The number of rotatable bonds is 4. The first kappa shape index (κ1) is 20.3. The van der Waals surface area contributed by atoms with E-state index in [0.29, 0.717) is 10.8 Å². The van der Waals surface area contributed by atoms with Gasteiger partial charge in [-0.3, -0.25) is 4.79 Å². The van der Waals surface area contributed by atoms with E-state index in [1.165, 1.54) is 0 Å². The number of nitrogens with zero attached hydrogens (tertiary/aromatic N) is 1. The second kappa shape index (κ2) is 9.15. The smallest absolute Gasteiger partial charge is 0.291 e. The predicted octanol–water partition coefficient (Wildman–Crippen LogP) is 5.11. The Balaban J connectivity index is 0.00000225. The molecular formula is C21H20Cl2N2O3. The van der Waals surface area contributed by atoms with E-state index in [-0.39, 0.29) is 24.1 Å². The lowest BCUT2D eigenvalue weighted by Gasteiger charge is -2.29. The van der Waals surface area contributed by atoms with Gasteiger partial charge in [-0.1, -0.05) is 17.7 Å². The van der Waals surface area contributed by atoms with Crippen LogP contribution >= 0.6 is 24.0 Å². The van der Waals surface area contributed by atoms with E-state index >= 15 is 0 Å². The van der Waals surface area contributed by atoms with Crippen LogP contribution in [0.5, 0.6) is 0 Å². The third-order valence-corrected chi connectivity index (χ3v) is 4.69. The zero-order valence-electron chi connectivity index (χ0n) is 15.1. The number of carbonyl (C=O) groups is 1. The minimum absolute atomic E-state index is 0. The Hall–Kier alpha value is -2.47. The number of benzene rings is 2. The molecule has 2 heterocycles. The first-order valence-corrected chi connectivity index (χ1v) is 9.17. The van der Waals surface area contributed by atoms with Gasteiger partial charge in [0.15, 0.2) is 5.76 Å². The molecule has 1 N–H and O–H groups in total. The summed E-state index contributed by atoms with van der Waals surface area (Å²) in [5, 5.41) is 3.56. The number of morpholine rings is 1. The molecule has 3 aromatic rings. The lowest BCUT2D eigenvalue weighted by Crippen LogP contribution is -2.36. The minimum Gasteiger partial charge on any atom is -0.451 e. The van der Waals surface area contributed by atoms with Gasteiger partial charge >= 0.3 is 0 Å². The summed E-state index contributed by atoms with van der Waals surface area (Å²) in [5.41, 5.74) is 2.67. The molecule has 1 aliphatic rings. The van der Waals surface area contributed by atoms with Gasteiger partial charge in [-0.15, -0.1) is 12.4 Å². The second-order valence-electron chi connectivity index (χ2n) is 6.27. The van der Waals surface area contributed by atoms with Crippen molar-refractivity contribution in [3.05, 3.63) is 71.4 Å². The molecule has 0 bridgehead atoms. The van der Waals surface area contributed by atoms with Gasteiger partial charge in [-0.25, -0.2) is 0 Å². The molecule has 0 radical (unpaired) electrons. The third kappa shape index (κ3) is 4.68. The van der Waals surface area contributed by atoms with Gasteiger partial charge in [0.05, 0.1) is 13.2 Å². The van der Waals surface area contributed by atoms with Crippen molar-refractivity contribution >= 4 is 41.3 Å². The van der Waals surface area contributed by atoms with Crippen LogP contribution in [0.2, 0.25) is 5.02 Å². The van der Waals surface area contributed by atoms with Crippen molar-refractivity contribution in [2.75, 3.05) is 36.5 Å². The van der Waals surface area contributed by atoms with E-state index in [1.807, 2.05) is 36.4 Å². The van der Waals surface area contributed by atoms with Crippen LogP contribution in [0, 0.1) is 0 Å². The summed E-state index contributed by atoms with van der Waals surface area (Å²) in [4.78, 5) is 14.8. The van der Waals surface area contributed by atoms with Gasteiger partial charge in [0, 0.05) is 35.1 Å². The molecule has 1 saturated heterocycles. The van der Waals surface area contributed by atoms with Crippen molar-refractivity contribution < 1.29 is 13.9 Å². The molecule has 0 atom stereocenters. The second-order valence-corrected chi connectivity index (χ2v) is 6.71. The van der Waals surface area contributed by atoms with Crippen molar-refractivity contribution in [3.8, 4) is 11.3 Å². The van der Waals surface area contributed by atoms with E-state index in [0.717, 1.165) is 43.2 Å². The van der Waals surface area contributed by atoms with Crippen LogP contribution in [0.1, 0.15) is 10.6 Å². The molecule has 1 aromatic heterocycles. The average molecular weight is 419 g/mol. The molecule has 5 nitrogen and oxygen atoms in total. The lowest BCUT2D eigenvalue weighted by atomic mass is 10.2. The summed E-state index contributed by atoms with van der Waals surface area (Å²) in [6.45, 7) is 3.13. The number of hydrogen-bond donors (Lipinski definition) is 1. The van der Waals surface area contributed by atoms with Crippen molar-refractivity contribution in [1.82, 2.24) is 0 Å². The largest absolute Gasteiger partial charge is 0.451 e. The number of hydrogen-bond acceptors (Lipinski definition) is 4. The average Bonchev–Trinajstić information content (AvgIpc) is 3.20. The lowest BCUT2D eigenvalue weighted by molar-refractivity contribution is 0.0997. The first-order chi connectivity index (χ1) is 13.2. The standard InChI is InChI=1S/C21H19ClN2O3.ClH/c22-16-6-4-15(5-7-16)19-8-9-20(27-19)21(25)23-17-2-1-3-18(14-17)24-10-12-26-13-11-24;/h1-9,14H,10-13H2,(H,23,25);1H. The Kier molecular flexibility index (Phi) is 6.62. The van der Waals surface area contributed by atoms with Crippen molar-refractivity contribution in [2.24, 2.45) is 0 Å². The van der Waals surface area contributed by atoms with Crippen LogP contribution < -0.4 is 10.2 Å². The monoisotopic (exact) mass is 418 g/mol. The molecule has 2 aromatic carbocycles. The number of anilines is 2. The van der Waals surface area contributed by atoms with Crippen LogP contribution in [0.15, 0.2) is 65.1 Å². The summed E-state index contributed by atoms with van der Waals surface area (Å²) in [6.07, 6.45) is 0. The number of halogens is 2. The Morgan fingerprint density at radius 2 is 1.75 bits per heavy atom. The number of furan rings is 1. The SMILES string of the molecule is Cl.O=C(Nc1cccc(N2CCOCC2)c1)c1ccc(-c2ccc(Cl)cc2)o1. The van der Waals surface area contributed by atoms with Gasteiger partial charge in [0.2, 0.25) is 0 Å². The van der Waals surface area contributed by atoms with Crippen molar-refractivity contribution in [1.29, 1.82) is 0 Å². The molecule has 1 fully saturated rings. The maximum Gasteiger partial charge on any atom is 0.291 e. The fourth-order valence-corrected chi connectivity index (χ4v) is 3.15. The Bertz CT molecular complexity index is 935. The van der Waals surface area contributed by atoms with Gasteiger partial charge < -0.3 is 19.4 Å². The number of amides is 1. The topological polar surface area (TPSA) is 54.7 Å². The first-order valence-electron chi connectivity index (χ1n) is 8.79. The number of nitrogens with one attached hydrogen (secondary N) is 1. The van der Waals surface area contributed by atoms with Crippen LogP contribution in [0.25, 0.3) is 11.3 Å². The van der Waals surface area contributed by atoms with Gasteiger partial charge in [-0.05, 0) is 54.6 Å². The quantitative estimate of drug-likeness (QED) is 0.639. The van der Waals surface area contributed by atoms with Gasteiger partial charge in [-0.2, -0.15) is 0 Å². The third-order valence-electron chi connectivity index (χ3n) is 4.44. The highest BCUT2D eigenvalue weighted by atomic mass is 35.5. The Morgan fingerprint density at radius 1 is 1.00 bits per heavy atom. The number of ether oxygens (including phenoxy) is 1. The van der Waals surface area contributed by atoms with Gasteiger partial charge in [0.25, 0.3) is 5.91 Å². The van der Waals surface area contributed by atoms with Crippen LogP contribution in [-0.2, 0) is 4.74 Å². The molecule has 0 spiro atoms. The normalized spacial score (nSPS) is 13.7. The summed E-state index contributed by atoms with van der Waals surface area (Å²) in [6, 6.07) is 18.5. The van der Waals surface area contributed by atoms with Crippen LogP contribution in [-0.4, -0.2) is 32.2 Å². The summed E-state index contributed by atoms with van der Waals surface area (Å²) >= 11 is 5.91. The van der Waals surface area contributed by atoms with E-state index in [9.17, 15) is 4.79 Å². The highest BCUT2D eigenvalue weighted by Gasteiger charge is 2.15. The fourth-order valence-electron chi connectivity index (χ4n) is 3.02. The maximum absolute atomic E-state index is 12.5. The Morgan fingerprint density at radius 3 is 2.50 bits per heavy atom. The van der Waals surface area contributed by atoms with E-state index in [4.69, 9.17) is 20.8 Å². The van der Waals surface area contributed by atoms with Crippen LogP contribution in [0.4, 0.5) is 11.4 Å². The predicted molar refractivity (Wildman–Crippen MR) is 114 cm³/mol.